The second-order valence-corrected chi connectivity index (χ2v) is 11.5. The van der Waals surface area contributed by atoms with Gasteiger partial charge in [-0.1, -0.05) is 13.3 Å². The molecule has 0 unspecified atom stereocenters. The molecule has 210 valence electrons. The van der Waals surface area contributed by atoms with Gasteiger partial charge in [0.2, 0.25) is 10.0 Å². The molecule has 1 aromatic heterocycles. The van der Waals surface area contributed by atoms with Crippen LogP contribution in [0.25, 0.3) is 0 Å². The van der Waals surface area contributed by atoms with Crippen molar-refractivity contribution in [2.45, 2.75) is 37.4 Å². The number of nitrogens with one attached hydrogen (secondary N) is 1. The highest BCUT2D eigenvalue weighted by Crippen LogP contribution is 2.35. The first-order valence-corrected chi connectivity index (χ1v) is 14.0. The van der Waals surface area contributed by atoms with Crippen molar-refractivity contribution in [3.63, 3.8) is 0 Å². The summed E-state index contributed by atoms with van der Waals surface area (Å²) < 4.78 is 37.9. The van der Waals surface area contributed by atoms with Crippen molar-refractivity contribution >= 4 is 39.9 Å². The predicted molar refractivity (Wildman–Crippen MR) is 143 cm³/mol. The zero-order valence-corrected chi connectivity index (χ0v) is 23.0. The minimum atomic E-state index is -4.13. The summed E-state index contributed by atoms with van der Waals surface area (Å²) in [6.45, 7) is 4.17. The Hall–Kier alpha value is -2.80. The summed E-state index contributed by atoms with van der Waals surface area (Å²) in [5.74, 6) is -0.389. The smallest absolute Gasteiger partial charge is 0.289 e. The van der Waals surface area contributed by atoms with Gasteiger partial charge in [-0.2, -0.15) is 4.31 Å². The number of ether oxygens (including phenoxy) is 1. The van der Waals surface area contributed by atoms with Crippen molar-refractivity contribution in [1.29, 1.82) is 0 Å². The summed E-state index contributed by atoms with van der Waals surface area (Å²) >= 11 is 0. The molecule has 0 aliphatic carbocycles. The number of benzene rings is 1. The molecule has 0 atom stereocenters. The van der Waals surface area contributed by atoms with Crippen LogP contribution in [0.15, 0.2) is 47.1 Å². The van der Waals surface area contributed by atoms with E-state index in [0.29, 0.717) is 19.7 Å². The van der Waals surface area contributed by atoms with Gasteiger partial charge >= 0.3 is 0 Å². The number of hydrogen-bond donors (Lipinski definition) is 2. The van der Waals surface area contributed by atoms with Crippen molar-refractivity contribution in [3.8, 4) is 5.75 Å². The number of piperazine rings is 1. The quantitative estimate of drug-likeness (QED) is 0.267. The summed E-state index contributed by atoms with van der Waals surface area (Å²) in [6.07, 6.45) is 3.18. The summed E-state index contributed by atoms with van der Waals surface area (Å²) in [7, 11) is -4.13. The molecule has 2 fully saturated rings. The number of carbonyl (C=O) groups excluding carboxylic acids is 2. The molecule has 2 N–H and O–H groups in total. The molecule has 0 radical (unpaired) electrons. The molecule has 0 saturated carbocycles. The third-order valence-corrected chi connectivity index (χ3v) is 9.77. The average molecular weight is 571 g/mol. The zero-order valence-electron chi connectivity index (χ0n) is 21.4. The number of sulfonamides is 1. The lowest BCUT2D eigenvalue weighted by atomic mass is 9.94. The van der Waals surface area contributed by atoms with Gasteiger partial charge in [-0.05, 0) is 55.7 Å². The molecule has 0 bridgehead atoms. The number of anilines is 1. The first-order valence-electron chi connectivity index (χ1n) is 12.6. The Bertz CT molecular complexity index is 1160. The maximum Gasteiger partial charge on any atom is 0.289 e. The maximum absolute atomic E-state index is 13.8. The Labute approximate surface area is 229 Å². The molecule has 2 saturated heterocycles. The van der Waals surface area contributed by atoms with Gasteiger partial charge in [-0.25, -0.2) is 13.9 Å². The number of carbonyl (C=O) groups is 2. The summed E-state index contributed by atoms with van der Waals surface area (Å²) in [4.78, 5) is 29.0. The van der Waals surface area contributed by atoms with Gasteiger partial charge in [0, 0.05) is 45.0 Å². The van der Waals surface area contributed by atoms with Crippen LogP contribution in [0.5, 0.6) is 5.75 Å². The SMILES string of the molecule is CCCCOc1ccc(N2CCN(S(=O)(=O)C3(C(=O)NO)CCN(C(=O)c4ccco4)CC3)CC2)cc1.Cl. The van der Waals surface area contributed by atoms with Crippen molar-refractivity contribution in [3.05, 3.63) is 48.4 Å². The van der Waals surface area contributed by atoms with Crippen LogP contribution in [0.1, 0.15) is 43.2 Å². The Morgan fingerprint density at radius 1 is 1.05 bits per heavy atom. The summed E-state index contributed by atoms with van der Waals surface area (Å²) in [5.41, 5.74) is 2.53. The topological polar surface area (TPSA) is 133 Å². The molecule has 2 aromatic rings. The van der Waals surface area contributed by atoms with Gasteiger partial charge in [-0.15, -0.1) is 12.4 Å². The number of likely N-dealkylation sites (tertiary alicyclic amines) is 1. The van der Waals surface area contributed by atoms with Crippen LogP contribution in [0, 0.1) is 0 Å². The number of furan rings is 1. The number of unbranched alkanes of at least 4 members (excludes halogenated alkanes) is 1. The Morgan fingerprint density at radius 3 is 2.26 bits per heavy atom. The van der Waals surface area contributed by atoms with E-state index < -0.39 is 20.7 Å². The first kappa shape index (κ1) is 29.8. The number of rotatable bonds is 9. The molecule has 0 spiro atoms. The van der Waals surface area contributed by atoms with Crippen molar-refractivity contribution in [2.24, 2.45) is 0 Å². The van der Waals surface area contributed by atoms with Crippen molar-refractivity contribution in [2.75, 3.05) is 50.8 Å². The van der Waals surface area contributed by atoms with Crippen LogP contribution in [-0.2, 0) is 14.8 Å². The lowest BCUT2D eigenvalue weighted by Crippen LogP contribution is -2.64. The monoisotopic (exact) mass is 570 g/mol. The van der Waals surface area contributed by atoms with Crippen LogP contribution in [0.4, 0.5) is 5.69 Å². The van der Waals surface area contributed by atoms with Gasteiger partial charge in [-0.3, -0.25) is 14.8 Å². The fourth-order valence-corrected chi connectivity index (χ4v) is 6.97. The molecule has 2 aliphatic heterocycles. The lowest BCUT2D eigenvalue weighted by molar-refractivity contribution is -0.133. The van der Waals surface area contributed by atoms with Gasteiger partial charge in [0.1, 0.15) is 5.75 Å². The molecule has 3 heterocycles. The number of hydroxylamine groups is 1. The van der Waals surface area contributed by atoms with E-state index in [4.69, 9.17) is 9.15 Å². The van der Waals surface area contributed by atoms with Crippen molar-refractivity contribution < 1.29 is 32.4 Å². The average Bonchev–Trinajstić information content (AvgIpc) is 3.48. The standard InChI is InChI=1S/C25H34N4O7S.ClH/c1-2-3-18-35-21-8-6-20(7-9-21)27-14-16-29(17-15-27)37(33,34)25(24(31)26-32)10-12-28(13-11-25)23(30)22-5-4-19-36-22;/h4-9,19,32H,2-3,10-18H2,1H3,(H,26,31);1H. The van der Waals surface area contributed by atoms with Crippen LogP contribution in [0.2, 0.25) is 0 Å². The Kier molecular flexibility index (Phi) is 10.0. The van der Waals surface area contributed by atoms with Crippen LogP contribution in [0.3, 0.4) is 0 Å². The highest BCUT2D eigenvalue weighted by Gasteiger charge is 2.55. The van der Waals surface area contributed by atoms with Gasteiger partial charge in [0.15, 0.2) is 10.5 Å². The van der Waals surface area contributed by atoms with E-state index in [1.54, 1.807) is 11.5 Å². The normalized spacial score (nSPS) is 17.9. The second-order valence-electron chi connectivity index (χ2n) is 9.29. The fraction of sp³-hybridized carbons (Fsp3) is 0.520. The fourth-order valence-electron chi connectivity index (χ4n) is 4.85. The summed E-state index contributed by atoms with van der Waals surface area (Å²) in [5, 5.41) is 9.42. The summed E-state index contributed by atoms with van der Waals surface area (Å²) in [6, 6.07) is 10.9. The van der Waals surface area contributed by atoms with Crippen molar-refractivity contribution in [1.82, 2.24) is 14.7 Å². The second kappa shape index (κ2) is 12.8. The molecule has 4 rings (SSSR count). The van der Waals surface area contributed by atoms with E-state index in [1.807, 2.05) is 24.3 Å². The van der Waals surface area contributed by atoms with Gasteiger partial charge in [0.05, 0.1) is 12.9 Å². The van der Waals surface area contributed by atoms with E-state index in [9.17, 15) is 23.2 Å². The number of halogens is 1. The minimum absolute atomic E-state index is 0. The Morgan fingerprint density at radius 2 is 1.71 bits per heavy atom. The zero-order chi connectivity index (χ0) is 26.5. The van der Waals surface area contributed by atoms with Crippen LogP contribution >= 0.6 is 12.4 Å². The number of hydrogen-bond acceptors (Lipinski definition) is 8. The van der Waals surface area contributed by atoms with Gasteiger partial charge < -0.3 is 19.0 Å². The number of piperidine rings is 1. The molecule has 38 heavy (non-hydrogen) atoms. The molecule has 2 aliphatic rings. The molecule has 13 heteroatoms. The lowest BCUT2D eigenvalue weighted by Gasteiger charge is -2.44. The largest absolute Gasteiger partial charge is 0.494 e. The molecular formula is C25H35ClN4O7S. The van der Waals surface area contributed by atoms with Crippen LogP contribution < -0.4 is 15.1 Å². The maximum atomic E-state index is 13.8. The van der Waals surface area contributed by atoms with E-state index in [0.717, 1.165) is 24.3 Å². The van der Waals surface area contributed by atoms with E-state index in [-0.39, 0.29) is 63.1 Å². The predicted octanol–water partition coefficient (Wildman–Crippen LogP) is 2.51. The van der Waals surface area contributed by atoms with E-state index >= 15 is 0 Å². The van der Waals surface area contributed by atoms with Crippen LogP contribution in [-0.4, -0.2) is 85.3 Å². The minimum Gasteiger partial charge on any atom is -0.494 e. The first-order chi connectivity index (χ1) is 17.8. The van der Waals surface area contributed by atoms with E-state index in [1.165, 1.54) is 21.5 Å². The highest BCUT2D eigenvalue weighted by atomic mass is 35.5. The third-order valence-electron chi connectivity index (χ3n) is 7.15. The third kappa shape index (κ3) is 5.93. The van der Waals surface area contributed by atoms with E-state index in [2.05, 4.69) is 11.8 Å². The number of nitrogens with zero attached hydrogens (tertiary/aromatic N) is 3. The molecular weight excluding hydrogens is 536 g/mol. The van der Waals surface area contributed by atoms with Gasteiger partial charge in [0.25, 0.3) is 11.8 Å². The molecule has 2 amide bonds. The highest BCUT2D eigenvalue weighted by molar-refractivity contribution is 7.91. The Balaban J connectivity index is 0.00000400. The number of amides is 2. The molecule has 11 nitrogen and oxygen atoms in total. The molecule has 1 aromatic carbocycles.